The number of nitriles is 1. The van der Waals surface area contributed by atoms with E-state index >= 15 is 0 Å². The van der Waals surface area contributed by atoms with Gasteiger partial charge in [-0.3, -0.25) is 19.8 Å². The van der Waals surface area contributed by atoms with Crippen molar-refractivity contribution in [1.29, 1.82) is 5.26 Å². The molecule has 1 fully saturated rings. The molecule has 33 heavy (non-hydrogen) atoms. The molecule has 10 heteroatoms. The van der Waals surface area contributed by atoms with E-state index in [0.717, 1.165) is 10.9 Å². The summed E-state index contributed by atoms with van der Waals surface area (Å²) in [5.74, 6) is -0.460. The molecule has 1 saturated heterocycles. The number of carbonyl (C=O) groups excluding carboxylic acids is 3. The lowest BCUT2D eigenvalue weighted by Gasteiger charge is -2.26. The molecule has 2 aromatic rings. The van der Waals surface area contributed by atoms with Gasteiger partial charge in [0, 0.05) is 24.0 Å². The summed E-state index contributed by atoms with van der Waals surface area (Å²) in [6.45, 7) is 4.65. The fraction of sp³-hybridized carbons (Fsp3) is 0.478. The molecule has 176 valence electrons. The molecule has 0 aliphatic carbocycles. The van der Waals surface area contributed by atoms with E-state index in [1.807, 2.05) is 32.0 Å². The summed E-state index contributed by atoms with van der Waals surface area (Å²) in [6.07, 6.45) is 1.05. The number of methoxy groups -OCH3 is 1. The Labute approximate surface area is 192 Å². The van der Waals surface area contributed by atoms with Crippen LogP contribution >= 0.6 is 0 Å². The number of ether oxygens (including phenoxy) is 1. The van der Waals surface area contributed by atoms with E-state index in [1.165, 1.54) is 5.01 Å². The first-order valence-electron chi connectivity index (χ1n) is 11.0. The van der Waals surface area contributed by atoms with Crippen LogP contribution < -0.4 is 20.8 Å². The maximum atomic E-state index is 13.1. The van der Waals surface area contributed by atoms with E-state index in [4.69, 9.17) is 10.00 Å². The molecular weight excluding hydrogens is 424 g/mol. The number of amides is 3. The van der Waals surface area contributed by atoms with Crippen molar-refractivity contribution in [3.8, 4) is 11.8 Å². The number of carbonyl (C=O) groups is 3. The Morgan fingerprint density at radius 3 is 2.79 bits per heavy atom. The van der Waals surface area contributed by atoms with Crippen molar-refractivity contribution in [2.75, 3.05) is 26.7 Å². The van der Waals surface area contributed by atoms with Crippen LogP contribution in [0.1, 0.15) is 37.2 Å². The minimum Gasteiger partial charge on any atom is -0.496 e. The number of hydrazine groups is 1. The lowest BCUT2D eigenvalue weighted by Crippen LogP contribution is -2.54. The molecule has 0 unspecified atom stereocenters. The number of aromatic amines is 1. The fourth-order valence-electron chi connectivity index (χ4n) is 3.92. The van der Waals surface area contributed by atoms with Crippen LogP contribution in [0.25, 0.3) is 10.9 Å². The molecule has 4 N–H and O–H groups in total. The van der Waals surface area contributed by atoms with E-state index in [0.29, 0.717) is 30.8 Å². The van der Waals surface area contributed by atoms with Crippen LogP contribution in [0, 0.1) is 23.2 Å². The zero-order valence-corrected chi connectivity index (χ0v) is 19.1. The number of hydrogen-bond acceptors (Lipinski definition) is 6. The number of benzene rings is 1. The third-order valence-electron chi connectivity index (χ3n) is 5.55. The summed E-state index contributed by atoms with van der Waals surface area (Å²) in [4.78, 5) is 41.0. The molecule has 1 aliphatic heterocycles. The molecule has 0 spiro atoms. The predicted octanol–water partition coefficient (Wildman–Crippen LogP) is 1.31. The third kappa shape index (κ3) is 6.02. The highest BCUT2D eigenvalue weighted by molar-refractivity contribution is 6.01. The van der Waals surface area contributed by atoms with E-state index in [9.17, 15) is 14.4 Å². The predicted molar refractivity (Wildman–Crippen MR) is 122 cm³/mol. The molecule has 3 rings (SSSR count). The van der Waals surface area contributed by atoms with E-state index in [1.54, 1.807) is 19.2 Å². The molecule has 1 aromatic heterocycles. The number of aromatic nitrogens is 1. The Kier molecular flexibility index (Phi) is 7.90. The second kappa shape index (κ2) is 10.8. The van der Waals surface area contributed by atoms with Crippen LogP contribution in [0.2, 0.25) is 0 Å². The first-order valence-corrected chi connectivity index (χ1v) is 11.0. The average Bonchev–Trinajstić information content (AvgIpc) is 3.39. The lowest BCUT2D eigenvalue weighted by molar-refractivity contribution is -0.130. The summed E-state index contributed by atoms with van der Waals surface area (Å²) in [5, 5.41) is 16.9. The molecule has 0 radical (unpaired) electrons. The summed E-state index contributed by atoms with van der Waals surface area (Å²) in [5.41, 5.74) is 3.78. The second-order valence-electron chi connectivity index (χ2n) is 8.55. The van der Waals surface area contributed by atoms with Crippen molar-refractivity contribution in [2.24, 2.45) is 11.8 Å². The summed E-state index contributed by atoms with van der Waals surface area (Å²) < 4.78 is 5.35. The van der Waals surface area contributed by atoms with Crippen LogP contribution in [0.15, 0.2) is 24.3 Å². The zero-order chi connectivity index (χ0) is 24.0. The number of H-pyrrole nitrogens is 1. The third-order valence-corrected chi connectivity index (χ3v) is 5.55. The van der Waals surface area contributed by atoms with Crippen molar-refractivity contribution in [3.63, 3.8) is 0 Å². The lowest BCUT2D eigenvalue weighted by atomic mass is 10.0. The molecule has 1 aliphatic rings. The van der Waals surface area contributed by atoms with Gasteiger partial charge in [-0.2, -0.15) is 5.26 Å². The topological polar surface area (TPSA) is 139 Å². The van der Waals surface area contributed by atoms with Gasteiger partial charge in [0.05, 0.1) is 19.1 Å². The van der Waals surface area contributed by atoms with E-state index < -0.39 is 17.9 Å². The SMILES string of the molecule is COc1cccc2[nH]c(C(=O)N[C@@H](CC(C)C)C(=O)NN(CC#N)C[C@@H]3CCNC3=O)cc12. The van der Waals surface area contributed by atoms with Crippen molar-refractivity contribution < 1.29 is 19.1 Å². The molecule has 0 bridgehead atoms. The molecule has 2 heterocycles. The van der Waals surface area contributed by atoms with Gasteiger partial charge in [0.15, 0.2) is 0 Å². The Morgan fingerprint density at radius 2 is 2.15 bits per heavy atom. The highest BCUT2D eigenvalue weighted by Gasteiger charge is 2.29. The van der Waals surface area contributed by atoms with Gasteiger partial charge in [-0.1, -0.05) is 19.9 Å². The quantitative estimate of drug-likeness (QED) is 0.315. The van der Waals surface area contributed by atoms with Gasteiger partial charge < -0.3 is 20.4 Å². The normalized spacial score (nSPS) is 16.5. The van der Waals surface area contributed by atoms with Gasteiger partial charge in [-0.05, 0) is 37.0 Å². The Morgan fingerprint density at radius 1 is 1.36 bits per heavy atom. The Bertz CT molecular complexity index is 1060. The minimum atomic E-state index is -0.815. The maximum absolute atomic E-state index is 13.1. The molecule has 10 nitrogen and oxygen atoms in total. The first-order chi connectivity index (χ1) is 15.8. The largest absolute Gasteiger partial charge is 0.496 e. The van der Waals surface area contributed by atoms with Gasteiger partial charge >= 0.3 is 0 Å². The monoisotopic (exact) mass is 454 g/mol. The molecule has 3 amide bonds. The molecule has 0 saturated carbocycles. The van der Waals surface area contributed by atoms with Gasteiger partial charge in [-0.25, -0.2) is 5.01 Å². The number of fused-ring (bicyclic) bond motifs is 1. The van der Waals surface area contributed by atoms with Crippen molar-refractivity contribution >= 4 is 28.6 Å². The second-order valence-corrected chi connectivity index (χ2v) is 8.55. The van der Waals surface area contributed by atoms with Gasteiger partial charge in [-0.15, -0.1) is 0 Å². The first kappa shape index (κ1) is 24.1. The number of nitrogens with zero attached hydrogens (tertiary/aromatic N) is 2. The molecule has 1 aromatic carbocycles. The summed E-state index contributed by atoms with van der Waals surface area (Å²) in [7, 11) is 1.56. The van der Waals surface area contributed by atoms with E-state index in [-0.39, 0.29) is 30.8 Å². The van der Waals surface area contributed by atoms with E-state index in [2.05, 4.69) is 21.0 Å². The van der Waals surface area contributed by atoms with Crippen molar-refractivity contribution in [3.05, 3.63) is 30.0 Å². The molecular formula is C23H30N6O4. The number of hydrogen-bond donors (Lipinski definition) is 4. The van der Waals surface area contributed by atoms with Gasteiger partial charge in [0.25, 0.3) is 11.8 Å². The number of nitrogens with one attached hydrogen (secondary N) is 4. The summed E-state index contributed by atoms with van der Waals surface area (Å²) >= 11 is 0. The van der Waals surface area contributed by atoms with Crippen LogP contribution in [0.5, 0.6) is 5.75 Å². The average molecular weight is 455 g/mol. The van der Waals surface area contributed by atoms with Crippen LogP contribution in [0.3, 0.4) is 0 Å². The standard InChI is InChI=1S/C23H30N6O4/c1-14(2)11-18(23(32)28-29(10-8-24)13-15-7-9-25-21(15)30)27-22(31)19-12-16-17(26-19)5-4-6-20(16)33-3/h4-6,12,14-15,18,26H,7,9-11,13H2,1-3H3,(H,25,30)(H,27,31)(H,28,32)/t15-,18-/m0/s1. The fourth-order valence-corrected chi connectivity index (χ4v) is 3.92. The van der Waals surface area contributed by atoms with Crippen molar-refractivity contribution in [2.45, 2.75) is 32.7 Å². The highest BCUT2D eigenvalue weighted by atomic mass is 16.5. The Balaban J connectivity index is 1.72. The Hall–Kier alpha value is -3.58. The van der Waals surface area contributed by atoms with Gasteiger partial charge in [0.2, 0.25) is 5.91 Å². The van der Waals surface area contributed by atoms with Crippen molar-refractivity contribution in [1.82, 2.24) is 26.1 Å². The van der Waals surface area contributed by atoms with Crippen LogP contribution in [-0.4, -0.2) is 60.5 Å². The maximum Gasteiger partial charge on any atom is 0.268 e. The van der Waals surface area contributed by atoms with Crippen LogP contribution in [0.4, 0.5) is 0 Å². The van der Waals surface area contributed by atoms with Crippen LogP contribution in [-0.2, 0) is 9.59 Å². The zero-order valence-electron chi connectivity index (χ0n) is 19.1. The highest BCUT2D eigenvalue weighted by Crippen LogP contribution is 2.26. The summed E-state index contributed by atoms with van der Waals surface area (Å²) in [6, 6.07) is 8.35. The minimum absolute atomic E-state index is 0.0698. The number of rotatable bonds is 10. The molecule has 2 atom stereocenters. The smallest absolute Gasteiger partial charge is 0.268 e. The van der Waals surface area contributed by atoms with Gasteiger partial charge in [0.1, 0.15) is 24.0 Å².